The van der Waals surface area contributed by atoms with E-state index < -0.39 is 0 Å². The highest BCUT2D eigenvalue weighted by atomic mass is 79.9. The van der Waals surface area contributed by atoms with Gasteiger partial charge in [0.25, 0.3) is 0 Å². The Morgan fingerprint density at radius 2 is 2.22 bits per heavy atom. The van der Waals surface area contributed by atoms with E-state index in [0.717, 1.165) is 35.9 Å². The highest BCUT2D eigenvalue weighted by molar-refractivity contribution is 9.10. The fourth-order valence-electron chi connectivity index (χ4n) is 2.01. The number of nitrogens with zero attached hydrogens (tertiary/aromatic N) is 1. The summed E-state index contributed by atoms with van der Waals surface area (Å²) < 4.78 is 6.23. The summed E-state index contributed by atoms with van der Waals surface area (Å²) >= 11 is 3.51. The molecule has 3 nitrogen and oxygen atoms in total. The van der Waals surface area contributed by atoms with E-state index >= 15 is 0 Å². The van der Waals surface area contributed by atoms with Gasteiger partial charge in [-0.1, -0.05) is 6.07 Å². The average molecular weight is 313 g/mol. The molecule has 0 aliphatic heterocycles. The van der Waals surface area contributed by atoms with Crippen LogP contribution in [0.15, 0.2) is 22.7 Å². The molecule has 4 heteroatoms. The minimum Gasteiger partial charge on any atom is -0.496 e. The first-order valence-electron chi connectivity index (χ1n) is 6.44. The van der Waals surface area contributed by atoms with Crippen LogP contribution in [0.2, 0.25) is 0 Å². The Labute approximate surface area is 118 Å². The van der Waals surface area contributed by atoms with Crippen molar-refractivity contribution in [1.82, 2.24) is 10.2 Å². The second-order valence-corrected chi connectivity index (χ2v) is 5.71. The molecule has 0 saturated heterocycles. The Hall–Kier alpha value is -0.580. The molecule has 1 aromatic carbocycles. The van der Waals surface area contributed by atoms with E-state index in [9.17, 15) is 0 Å². The quantitative estimate of drug-likeness (QED) is 0.783. The van der Waals surface area contributed by atoms with Crippen molar-refractivity contribution in [1.29, 1.82) is 0 Å². The normalized spacial score (nSPS) is 15.1. The van der Waals surface area contributed by atoms with Gasteiger partial charge < -0.3 is 15.0 Å². The second kappa shape index (κ2) is 6.55. The monoisotopic (exact) mass is 312 g/mol. The number of likely N-dealkylation sites (N-methyl/N-ethyl adjacent to an activating group) is 1. The van der Waals surface area contributed by atoms with E-state index in [1.54, 1.807) is 7.11 Å². The van der Waals surface area contributed by atoms with Crippen LogP contribution in [0.5, 0.6) is 5.75 Å². The third kappa shape index (κ3) is 3.97. The van der Waals surface area contributed by atoms with Crippen molar-refractivity contribution in [3.05, 3.63) is 28.2 Å². The predicted octanol–water partition coefficient (Wildman–Crippen LogP) is 2.64. The van der Waals surface area contributed by atoms with Gasteiger partial charge in [-0.2, -0.15) is 0 Å². The second-order valence-electron chi connectivity index (χ2n) is 4.86. The largest absolute Gasteiger partial charge is 0.496 e. The Balaban J connectivity index is 1.71. The summed E-state index contributed by atoms with van der Waals surface area (Å²) in [5.41, 5.74) is 1.27. The smallest absolute Gasteiger partial charge is 0.133 e. The number of nitrogens with one attached hydrogen (secondary N) is 1. The van der Waals surface area contributed by atoms with Crippen molar-refractivity contribution in [3.63, 3.8) is 0 Å². The maximum atomic E-state index is 5.22. The van der Waals surface area contributed by atoms with Gasteiger partial charge in [0, 0.05) is 25.7 Å². The molecule has 0 bridgehead atoms. The van der Waals surface area contributed by atoms with E-state index in [1.165, 1.54) is 18.4 Å². The molecule has 1 fully saturated rings. The van der Waals surface area contributed by atoms with Crippen LogP contribution in [0.25, 0.3) is 0 Å². The molecule has 0 aromatic heterocycles. The van der Waals surface area contributed by atoms with Crippen LogP contribution in [-0.2, 0) is 6.54 Å². The molecule has 0 heterocycles. The Bertz CT molecular complexity index is 393. The van der Waals surface area contributed by atoms with E-state index in [0.29, 0.717) is 0 Å². The molecular formula is C14H21BrN2O. The van der Waals surface area contributed by atoms with Crippen molar-refractivity contribution < 1.29 is 4.74 Å². The zero-order valence-corrected chi connectivity index (χ0v) is 12.7. The Morgan fingerprint density at radius 1 is 1.44 bits per heavy atom. The third-order valence-electron chi connectivity index (χ3n) is 3.36. The predicted molar refractivity (Wildman–Crippen MR) is 78.1 cm³/mol. The standard InChI is InChI=1S/C14H21BrN2O/c1-17(12-4-5-12)8-7-16-10-11-3-6-14(18-2)13(15)9-11/h3,6,9,12,16H,4-5,7-8,10H2,1-2H3. The molecule has 1 N–H and O–H groups in total. The van der Waals surface area contributed by atoms with E-state index in [-0.39, 0.29) is 0 Å². The first-order valence-corrected chi connectivity index (χ1v) is 7.23. The molecule has 0 unspecified atom stereocenters. The van der Waals surface area contributed by atoms with Crippen molar-refractivity contribution >= 4 is 15.9 Å². The number of methoxy groups -OCH3 is 1. The number of rotatable bonds is 7. The zero-order chi connectivity index (χ0) is 13.0. The van der Waals surface area contributed by atoms with Crippen LogP contribution >= 0.6 is 15.9 Å². The summed E-state index contributed by atoms with van der Waals surface area (Å²) in [5, 5.41) is 3.48. The lowest BCUT2D eigenvalue weighted by molar-refractivity contribution is 0.321. The van der Waals surface area contributed by atoms with Gasteiger partial charge >= 0.3 is 0 Å². The minimum atomic E-state index is 0.849. The van der Waals surface area contributed by atoms with Crippen molar-refractivity contribution in [2.45, 2.75) is 25.4 Å². The van der Waals surface area contributed by atoms with Gasteiger partial charge in [-0.25, -0.2) is 0 Å². The Morgan fingerprint density at radius 3 is 2.83 bits per heavy atom. The minimum absolute atomic E-state index is 0.849. The third-order valence-corrected chi connectivity index (χ3v) is 3.98. The molecule has 18 heavy (non-hydrogen) atoms. The van der Waals surface area contributed by atoms with Crippen LogP contribution in [0.4, 0.5) is 0 Å². The van der Waals surface area contributed by atoms with Gasteiger partial charge in [-0.05, 0) is 53.5 Å². The van der Waals surface area contributed by atoms with E-state index in [4.69, 9.17) is 4.74 Å². The Kier molecular flexibility index (Phi) is 5.03. The first-order chi connectivity index (χ1) is 8.70. The lowest BCUT2D eigenvalue weighted by atomic mass is 10.2. The highest BCUT2D eigenvalue weighted by Crippen LogP contribution is 2.26. The van der Waals surface area contributed by atoms with Crippen LogP contribution in [0, 0.1) is 0 Å². The molecule has 0 atom stereocenters. The lowest BCUT2D eigenvalue weighted by Gasteiger charge is -2.15. The maximum absolute atomic E-state index is 5.22. The van der Waals surface area contributed by atoms with Crippen LogP contribution < -0.4 is 10.1 Å². The fourth-order valence-corrected chi connectivity index (χ4v) is 2.59. The topological polar surface area (TPSA) is 24.5 Å². The summed E-state index contributed by atoms with van der Waals surface area (Å²) in [6.45, 7) is 3.07. The molecular weight excluding hydrogens is 292 g/mol. The highest BCUT2D eigenvalue weighted by Gasteiger charge is 2.25. The molecule has 1 saturated carbocycles. The zero-order valence-electron chi connectivity index (χ0n) is 11.1. The number of ether oxygens (including phenoxy) is 1. The van der Waals surface area contributed by atoms with E-state index in [1.807, 2.05) is 6.07 Å². The molecule has 0 radical (unpaired) electrons. The molecule has 1 aromatic rings. The van der Waals surface area contributed by atoms with Gasteiger partial charge in [-0.3, -0.25) is 0 Å². The van der Waals surface area contributed by atoms with Crippen molar-refractivity contribution in [2.75, 3.05) is 27.2 Å². The van der Waals surface area contributed by atoms with Crippen LogP contribution in [0.3, 0.4) is 0 Å². The maximum Gasteiger partial charge on any atom is 0.133 e. The molecule has 100 valence electrons. The van der Waals surface area contributed by atoms with Gasteiger partial charge in [0.1, 0.15) is 5.75 Å². The number of benzene rings is 1. The molecule has 0 spiro atoms. The molecule has 2 rings (SSSR count). The van der Waals surface area contributed by atoms with Crippen LogP contribution in [-0.4, -0.2) is 38.2 Å². The van der Waals surface area contributed by atoms with Crippen LogP contribution in [0.1, 0.15) is 18.4 Å². The number of hydrogen-bond acceptors (Lipinski definition) is 3. The average Bonchev–Trinajstić information content (AvgIpc) is 3.19. The summed E-state index contributed by atoms with van der Waals surface area (Å²) in [7, 11) is 3.90. The number of hydrogen-bond donors (Lipinski definition) is 1. The van der Waals surface area contributed by atoms with E-state index in [2.05, 4.69) is 45.3 Å². The summed E-state index contributed by atoms with van der Waals surface area (Å²) in [5.74, 6) is 0.882. The van der Waals surface area contributed by atoms with Crippen molar-refractivity contribution in [2.24, 2.45) is 0 Å². The molecule has 1 aliphatic rings. The summed E-state index contributed by atoms with van der Waals surface area (Å²) in [6.07, 6.45) is 2.75. The van der Waals surface area contributed by atoms with Gasteiger partial charge in [0.05, 0.1) is 11.6 Å². The first kappa shape index (κ1) is 13.8. The van der Waals surface area contributed by atoms with Crippen molar-refractivity contribution in [3.8, 4) is 5.75 Å². The fraction of sp³-hybridized carbons (Fsp3) is 0.571. The summed E-state index contributed by atoms with van der Waals surface area (Å²) in [4.78, 5) is 2.44. The summed E-state index contributed by atoms with van der Waals surface area (Å²) in [6, 6.07) is 7.05. The van der Waals surface area contributed by atoms with Gasteiger partial charge in [0.2, 0.25) is 0 Å². The lowest BCUT2D eigenvalue weighted by Crippen LogP contribution is -2.30. The van der Waals surface area contributed by atoms with Gasteiger partial charge in [0.15, 0.2) is 0 Å². The molecule has 1 aliphatic carbocycles. The number of halogens is 1. The molecule has 0 amide bonds. The SMILES string of the molecule is COc1ccc(CNCCN(C)C2CC2)cc1Br. The van der Waals surface area contributed by atoms with Gasteiger partial charge in [-0.15, -0.1) is 0 Å².